The summed E-state index contributed by atoms with van der Waals surface area (Å²) >= 11 is 0. The van der Waals surface area contributed by atoms with Gasteiger partial charge in [0.05, 0.1) is 39.1 Å². The molecule has 1 aliphatic rings. The summed E-state index contributed by atoms with van der Waals surface area (Å²) < 4.78 is 4.74. The van der Waals surface area contributed by atoms with E-state index < -0.39 is 0 Å². The van der Waals surface area contributed by atoms with Crippen LogP contribution in [-0.2, 0) is 6.42 Å². The highest BCUT2D eigenvalue weighted by molar-refractivity contribution is 6.09. The van der Waals surface area contributed by atoms with Gasteiger partial charge in [0.1, 0.15) is 5.82 Å². The van der Waals surface area contributed by atoms with Gasteiger partial charge < -0.3 is 9.47 Å². The van der Waals surface area contributed by atoms with Crippen LogP contribution in [0, 0.1) is 0 Å². The summed E-state index contributed by atoms with van der Waals surface area (Å²) in [5.74, 6) is 1.08. The fraction of sp³-hybridized carbons (Fsp3) is 0.0513. The molecular weight excluding hydrogens is 524 g/mol. The number of aryl methyl sites for hydroxylation is 1. The smallest absolute Gasteiger partial charge is 0.114 e. The molecule has 0 radical (unpaired) electrons. The lowest BCUT2D eigenvalue weighted by molar-refractivity contribution is 0.900. The number of hydrogen-bond donors (Lipinski definition) is 0. The molecule has 0 unspecified atom stereocenters. The highest BCUT2D eigenvalue weighted by Gasteiger charge is 2.28. The predicted molar refractivity (Wildman–Crippen MR) is 178 cm³/mol. The van der Waals surface area contributed by atoms with Crippen molar-refractivity contribution in [3.63, 3.8) is 0 Å². The average molecular weight is 553 g/mol. The zero-order valence-corrected chi connectivity index (χ0v) is 23.8. The molecule has 0 fully saturated rings. The monoisotopic (exact) mass is 552 g/mol. The van der Waals surface area contributed by atoms with Gasteiger partial charge in [-0.05, 0) is 71.8 Å². The number of imidazole rings is 1. The van der Waals surface area contributed by atoms with Crippen LogP contribution in [0.5, 0.6) is 0 Å². The van der Waals surface area contributed by atoms with E-state index in [1.807, 2.05) is 0 Å². The summed E-state index contributed by atoms with van der Waals surface area (Å²) in [6.07, 6.45) is 0.858. The Morgan fingerprint density at radius 3 is 1.91 bits per heavy atom. The van der Waals surface area contributed by atoms with Gasteiger partial charge in [0.25, 0.3) is 0 Å². The molecule has 1 aliphatic heterocycles. The van der Waals surface area contributed by atoms with Crippen molar-refractivity contribution >= 4 is 49.9 Å². The fourth-order valence-electron chi connectivity index (χ4n) is 6.89. The summed E-state index contributed by atoms with van der Waals surface area (Å²) in [6.45, 7) is 2.19. The molecule has 0 atom stereocenters. The van der Waals surface area contributed by atoms with Gasteiger partial charge in [0, 0.05) is 28.6 Å². The maximum Gasteiger partial charge on any atom is 0.114 e. The van der Waals surface area contributed by atoms with E-state index in [4.69, 9.17) is 4.98 Å². The molecule has 4 nitrogen and oxygen atoms in total. The second-order valence-corrected chi connectivity index (χ2v) is 11.2. The highest BCUT2D eigenvalue weighted by atomic mass is 15.2. The van der Waals surface area contributed by atoms with E-state index in [9.17, 15) is 0 Å². The van der Waals surface area contributed by atoms with E-state index in [0.29, 0.717) is 0 Å². The zero-order chi connectivity index (χ0) is 28.5. The Morgan fingerprint density at radius 1 is 0.512 bits per heavy atom. The number of benzene rings is 6. The van der Waals surface area contributed by atoms with Crippen LogP contribution in [0.25, 0.3) is 55.3 Å². The van der Waals surface area contributed by atoms with Crippen molar-refractivity contribution in [1.82, 2.24) is 14.1 Å². The van der Waals surface area contributed by atoms with Crippen LogP contribution in [0.3, 0.4) is 0 Å². The van der Waals surface area contributed by atoms with Gasteiger partial charge in [0.2, 0.25) is 0 Å². The molecule has 0 N–H and O–H groups in total. The molecule has 8 aromatic rings. The van der Waals surface area contributed by atoms with Crippen LogP contribution in [0.15, 0.2) is 140 Å². The lowest BCUT2D eigenvalue weighted by Gasteiger charge is -2.33. The first-order valence-electron chi connectivity index (χ1n) is 14.9. The molecule has 6 aromatic carbocycles. The van der Waals surface area contributed by atoms with Gasteiger partial charge in [0.15, 0.2) is 0 Å². The third-order valence-corrected chi connectivity index (χ3v) is 8.79. The first kappa shape index (κ1) is 24.0. The van der Waals surface area contributed by atoms with Gasteiger partial charge >= 0.3 is 0 Å². The predicted octanol–water partition coefficient (Wildman–Crippen LogP) is 10.1. The van der Waals surface area contributed by atoms with Crippen LogP contribution >= 0.6 is 0 Å². The number of aromatic nitrogens is 3. The maximum atomic E-state index is 5.06. The fourth-order valence-corrected chi connectivity index (χ4v) is 6.89. The molecule has 2 aromatic heterocycles. The van der Waals surface area contributed by atoms with Crippen molar-refractivity contribution < 1.29 is 0 Å². The molecule has 204 valence electrons. The lowest BCUT2D eigenvalue weighted by atomic mass is 10.0. The third-order valence-electron chi connectivity index (χ3n) is 8.79. The van der Waals surface area contributed by atoms with Crippen LogP contribution in [0.1, 0.15) is 12.7 Å². The average Bonchev–Trinajstić information content (AvgIpc) is 3.62. The van der Waals surface area contributed by atoms with Crippen molar-refractivity contribution in [2.24, 2.45) is 0 Å². The number of nitrogens with zero attached hydrogens (tertiary/aromatic N) is 4. The summed E-state index contributed by atoms with van der Waals surface area (Å²) in [4.78, 5) is 7.42. The second kappa shape index (κ2) is 9.20. The second-order valence-electron chi connectivity index (χ2n) is 11.2. The molecule has 0 bridgehead atoms. The normalized spacial score (nSPS) is 12.3. The van der Waals surface area contributed by atoms with Crippen molar-refractivity contribution in [3.8, 4) is 22.5 Å². The van der Waals surface area contributed by atoms with Gasteiger partial charge in [-0.1, -0.05) is 85.8 Å². The zero-order valence-electron chi connectivity index (χ0n) is 23.8. The first-order chi connectivity index (χ1) is 21.3. The van der Waals surface area contributed by atoms with Gasteiger partial charge in [-0.15, -0.1) is 0 Å². The molecule has 9 rings (SSSR count). The molecule has 3 heterocycles. The minimum Gasteiger partial charge on any atom is -0.309 e. The molecule has 0 amide bonds. The lowest BCUT2D eigenvalue weighted by Crippen LogP contribution is -2.19. The number of para-hydroxylation sites is 4. The van der Waals surface area contributed by atoms with Crippen molar-refractivity contribution in [2.45, 2.75) is 13.3 Å². The van der Waals surface area contributed by atoms with E-state index in [1.165, 1.54) is 32.9 Å². The summed E-state index contributed by atoms with van der Waals surface area (Å²) in [7, 11) is 0. The Bertz CT molecular complexity index is 2270. The van der Waals surface area contributed by atoms with E-state index >= 15 is 0 Å². The van der Waals surface area contributed by atoms with Crippen LogP contribution < -0.4 is 4.90 Å². The minimum absolute atomic E-state index is 0.858. The Morgan fingerprint density at radius 2 is 1.19 bits per heavy atom. The largest absolute Gasteiger partial charge is 0.309 e. The van der Waals surface area contributed by atoms with Crippen LogP contribution in [0.2, 0.25) is 0 Å². The number of hydrogen-bond acceptors (Lipinski definition) is 2. The van der Waals surface area contributed by atoms with E-state index in [1.54, 1.807) is 0 Å². The highest BCUT2D eigenvalue weighted by Crippen LogP contribution is 2.48. The van der Waals surface area contributed by atoms with E-state index in [2.05, 4.69) is 160 Å². The number of fused-ring (bicyclic) bond motifs is 5. The van der Waals surface area contributed by atoms with E-state index in [-0.39, 0.29) is 0 Å². The molecule has 0 saturated heterocycles. The third kappa shape index (κ3) is 3.47. The maximum absolute atomic E-state index is 5.06. The summed E-state index contributed by atoms with van der Waals surface area (Å²) in [5.41, 5.74) is 12.8. The number of anilines is 3. The molecular formula is C39H28N4. The Labute approximate surface area is 249 Å². The molecule has 0 aliphatic carbocycles. The van der Waals surface area contributed by atoms with Crippen molar-refractivity contribution in [2.75, 3.05) is 4.90 Å². The van der Waals surface area contributed by atoms with Gasteiger partial charge in [-0.3, -0.25) is 4.57 Å². The Kier molecular flexibility index (Phi) is 5.14. The van der Waals surface area contributed by atoms with Crippen molar-refractivity contribution in [3.05, 3.63) is 145 Å². The van der Waals surface area contributed by atoms with Gasteiger partial charge in [-0.25, -0.2) is 4.98 Å². The topological polar surface area (TPSA) is 26.0 Å². The first-order valence-corrected chi connectivity index (χ1v) is 14.9. The Balaban J connectivity index is 1.21. The van der Waals surface area contributed by atoms with E-state index in [0.717, 1.165) is 51.7 Å². The Hall–Kier alpha value is -5.61. The molecule has 4 heteroatoms. The molecule has 43 heavy (non-hydrogen) atoms. The number of rotatable bonds is 4. The van der Waals surface area contributed by atoms with Crippen molar-refractivity contribution in [1.29, 1.82) is 0 Å². The summed E-state index contributed by atoms with van der Waals surface area (Å²) in [6, 6.07) is 50.2. The van der Waals surface area contributed by atoms with Gasteiger partial charge in [-0.2, -0.15) is 0 Å². The standard InChI is InChI=1S/C39H28N4/c1-2-38-40-32-15-10-18-36-39(32)43(38)37-25-27(21-24-35(37)42(36)28-11-4-3-5-12-28)26-19-22-29(23-20-26)41-33-16-8-6-13-30(33)31-14-7-9-17-34(31)41/h3-25H,2H2,1H3. The van der Waals surface area contributed by atoms with Crippen LogP contribution in [0.4, 0.5) is 17.1 Å². The quantitative estimate of drug-likeness (QED) is 0.217. The molecule has 0 saturated carbocycles. The molecule has 0 spiro atoms. The SMILES string of the molecule is CCc1nc2cccc3c2n1-c1cc(-c2ccc(-n4c5ccccc5c5ccccc54)cc2)ccc1N3c1ccccc1. The summed E-state index contributed by atoms with van der Waals surface area (Å²) in [5, 5.41) is 2.55. The van der Waals surface area contributed by atoms with Crippen LogP contribution in [-0.4, -0.2) is 14.1 Å². The minimum atomic E-state index is 0.858.